The number of aliphatic hydroxyl groups is 1. The first kappa shape index (κ1) is 20.3. The molecule has 0 radical (unpaired) electrons. The van der Waals surface area contributed by atoms with E-state index in [0.717, 1.165) is 19.3 Å². The van der Waals surface area contributed by atoms with Gasteiger partial charge in [0, 0.05) is 11.1 Å². The van der Waals surface area contributed by atoms with Crippen LogP contribution in [0.15, 0.2) is 42.5 Å². The molecule has 2 aromatic carbocycles. The van der Waals surface area contributed by atoms with Gasteiger partial charge in [-0.2, -0.15) is 13.2 Å². The van der Waals surface area contributed by atoms with Crippen LogP contribution in [0.3, 0.4) is 0 Å². The second-order valence-electron chi connectivity index (χ2n) is 6.02. The van der Waals surface area contributed by atoms with Gasteiger partial charge < -0.3 is 9.84 Å². The van der Waals surface area contributed by atoms with Crippen LogP contribution in [0.5, 0.6) is 5.75 Å². The van der Waals surface area contributed by atoms with Gasteiger partial charge in [-0.15, -0.1) is 0 Å². The fraction of sp³-hybridized carbons (Fsp3) is 0.429. The molecule has 2 nitrogen and oxygen atoms in total. The van der Waals surface area contributed by atoms with Crippen molar-refractivity contribution in [1.82, 2.24) is 0 Å². The third-order valence-electron chi connectivity index (χ3n) is 4.41. The van der Waals surface area contributed by atoms with Crippen LogP contribution < -0.4 is 4.74 Å². The quantitative estimate of drug-likeness (QED) is 0.652. The third kappa shape index (κ3) is 3.45. The number of hydrogen-bond donors (Lipinski definition) is 1. The second-order valence-corrected chi connectivity index (χ2v) is 6.02. The first-order valence-corrected chi connectivity index (χ1v) is 9.06. The highest BCUT2D eigenvalue weighted by molar-refractivity contribution is 5.81. The van der Waals surface area contributed by atoms with Crippen LogP contribution in [0.1, 0.15) is 51.2 Å². The van der Waals surface area contributed by atoms with E-state index in [1.165, 1.54) is 18.2 Å². The summed E-state index contributed by atoms with van der Waals surface area (Å²) in [6.07, 6.45) is -1.92. The topological polar surface area (TPSA) is 29.5 Å². The van der Waals surface area contributed by atoms with E-state index in [9.17, 15) is 18.3 Å². The number of halogens is 3. The number of unbranched alkanes of at least 4 members (excludes halogenated alkanes) is 2. The Morgan fingerprint density at radius 1 is 0.962 bits per heavy atom. The molecule has 0 amide bonds. The van der Waals surface area contributed by atoms with Crippen molar-refractivity contribution in [3.05, 3.63) is 53.6 Å². The molecule has 1 unspecified atom stereocenters. The smallest absolute Gasteiger partial charge is 0.425 e. The van der Waals surface area contributed by atoms with Gasteiger partial charge in [0.25, 0.3) is 0 Å². The van der Waals surface area contributed by atoms with Crippen molar-refractivity contribution in [2.24, 2.45) is 0 Å². The molecule has 1 aliphatic rings. The summed E-state index contributed by atoms with van der Waals surface area (Å²) in [5.74, 6) is 0.348. The van der Waals surface area contributed by atoms with E-state index in [1.54, 1.807) is 24.3 Å². The lowest BCUT2D eigenvalue weighted by Gasteiger charge is -2.28. The predicted molar refractivity (Wildman–Crippen MR) is 97.3 cm³/mol. The molecular weight excluding hydrogens is 341 g/mol. The van der Waals surface area contributed by atoms with E-state index in [4.69, 9.17) is 4.74 Å². The highest BCUT2D eigenvalue weighted by Gasteiger charge is 2.60. The average Bonchev–Trinajstić information content (AvgIpc) is 2.91. The molecule has 1 aliphatic carbocycles. The summed E-state index contributed by atoms with van der Waals surface area (Å²) in [6, 6.07) is 10.7. The van der Waals surface area contributed by atoms with Crippen molar-refractivity contribution >= 4 is 0 Å². The van der Waals surface area contributed by atoms with Crippen LogP contribution in [0, 0.1) is 0 Å². The molecule has 0 heterocycles. The first-order chi connectivity index (χ1) is 12.4. The summed E-state index contributed by atoms with van der Waals surface area (Å²) >= 11 is 0. The molecule has 26 heavy (non-hydrogen) atoms. The van der Waals surface area contributed by atoms with Crippen LogP contribution >= 0.6 is 0 Å². The van der Waals surface area contributed by atoms with E-state index in [1.807, 2.05) is 13.8 Å². The van der Waals surface area contributed by atoms with E-state index < -0.39 is 11.8 Å². The van der Waals surface area contributed by atoms with Crippen molar-refractivity contribution in [2.75, 3.05) is 6.61 Å². The Morgan fingerprint density at radius 2 is 1.62 bits per heavy atom. The Bertz CT molecular complexity index is 740. The second kappa shape index (κ2) is 8.12. The summed E-state index contributed by atoms with van der Waals surface area (Å²) < 4.78 is 46.6. The minimum absolute atomic E-state index is 0.129. The van der Waals surface area contributed by atoms with E-state index in [-0.39, 0.29) is 11.1 Å². The average molecular weight is 366 g/mol. The van der Waals surface area contributed by atoms with Gasteiger partial charge in [0.15, 0.2) is 0 Å². The van der Waals surface area contributed by atoms with Crippen LogP contribution in [-0.2, 0) is 5.60 Å². The van der Waals surface area contributed by atoms with Gasteiger partial charge in [-0.05, 0) is 29.7 Å². The Balaban J connectivity index is 0.00000117. The van der Waals surface area contributed by atoms with Gasteiger partial charge in [-0.3, -0.25) is 0 Å². The molecule has 0 spiro atoms. The van der Waals surface area contributed by atoms with Crippen molar-refractivity contribution in [2.45, 2.75) is 51.8 Å². The maximum absolute atomic E-state index is 13.7. The van der Waals surface area contributed by atoms with Gasteiger partial charge in [-0.25, -0.2) is 0 Å². The Labute approximate surface area is 152 Å². The fourth-order valence-electron chi connectivity index (χ4n) is 3.17. The monoisotopic (exact) mass is 366 g/mol. The summed E-state index contributed by atoms with van der Waals surface area (Å²) in [6.45, 7) is 6.51. The number of hydrogen-bond acceptors (Lipinski definition) is 2. The molecule has 142 valence electrons. The zero-order valence-corrected chi connectivity index (χ0v) is 15.4. The zero-order valence-electron chi connectivity index (χ0n) is 15.4. The molecule has 0 saturated heterocycles. The molecule has 5 heteroatoms. The van der Waals surface area contributed by atoms with E-state index >= 15 is 0 Å². The van der Waals surface area contributed by atoms with Crippen molar-refractivity contribution < 1.29 is 23.0 Å². The van der Waals surface area contributed by atoms with Gasteiger partial charge in [-0.1, -0.05) is 63.9 Å². The lowest BCUT2D eigenvalue weighted by molar-refractivity contribution is -0.246. The molecular formula is C21H25F3O2. The Hall–Kier alpha value is -2.01. The lowest BCUT2D eigenvalue weighted by atomic mass is 9.91. The van der Waals surface area contributed by atoms with Crippen molar-refractivity contribution in [3.8, 4) is 16.9 Å². The number of rotatable bonds is 5. The minimum atomic E-state index is -4.81. The number of alkyl halides is 3. The molecule has 1 N–H and O–H groups in total. The Morgan fingerprint density at radius 3 is 2.27 bits per heavy atom. The van der Waals surface area contributed by atoms with Gasteiger partial charge in [0.05, 0.1) is 6.61 Å². The van der Waals surface area contributed by atoms with Crippen molar-refractivity contribution in [1.29, 1.82) is 0 Å². The molecule has 2 aromatic rings. The molecule has 1 atom stereocenters. The summed E-state index contributed by atoms with van der Waals surface area (Å²) in [7, 11) is 0. The zero-order chi connectivity index (χ0) is 19.4. The lowest BCUT2D eigenvalue weighted by Crippen LogP contribution is -2.41. The Kier molecular flexibility index (Phi) is 6.34. The highest BCUT2D eigenvalue weighted by Crippen LogP contribution is 2.55. The number of ether oxygens (including phenoxy) is 1. The first-order valence-electron chi connectivity index (χ1n) is 9.06. The molecule has 0 bridgehead atoms. The maximum Gasteiger partial charge on any atom is 0.425 e. The number of benzene rings is 2. The molecule has 0 saturated carbocycles. The number of fused-ring (bicyclic) bond motifs is 3. The van der Waals surface area contributed by atoms with Crippen LogP contribution in [0.2, 0.25) is 0 Å². The standard InChI is InChI=1S/C19H19F3O2.C2H6/c1-2-3-6-11-24-13-9-10-15-14-7-4-5-8-16(14)18(23,17(15)12-13)19(20,21)22;1-2/h4-5,7-10,12,23H,2-3,6,11H2,1H3;1-2H3. The maximum atomic E-state index is 13.7. The van der Waals surface area contributed by atoms with Crippen LogP contribution in [0.25, 0.3) is 11.1 Å². The highest BCUT2D eigenvalue weighted by atomic mass is 19.4. The minimum Gasteiger partial charge on any atom is -0.494 e. The van der Waals surface area contributed by atoms with E-state index in [0.29, 0.717) is 23.5 Å². The normalized spacial score (nSPS) is 17.8. The molecule has 3 rings (SSSR count). The molecule has 0 fully saturated rings. The summed E-state index contributed by atoms with van der Waals surface area (Å²) in [5.41, 5.74) is -2.49. The van der Waals surface area contributed by atoms with Crippen molar-refractivity contribution in [3.63, 3.8) is 0 Å². The van der Waals surface area contributed by atoms with Gasteiger partial charge >= 0.3 is 6.18 Å². The third-order valence-corrected chi connectivity index (χ3v) is 4.41. The predicted octanol–water partition coefficient (Wildman–Crippen LogP) is 6.06. The van der Waals surface area contributed by atoms with Crippen LogP contribution in [0.4, 0.5) is 13.2 Å². The van der Waals surface area contributed by atoms with Gasteiger partial charge in [0.2, 0.25) is 5.60 Å². The van der Waals surface area contributed by atoms with Gasteiger partial charge in [0.1, 0.15) is 5.75 Å². The van der Waals surface area contributed by atoms with E-state index in [2.05, 4.69) is 6.92 Å². The fourth-order valence-corrected chi connectivity index (χ4v) is 3.17. The SMILES string of the molecule is CC.CCCCCOc1ccc2c(c1)C(O)(C(F)(F)F)c1ccccc1-2. The largest absolute Gasteiger partial charge is 0.494 e. The summed E-state index contributed by atoms with van der Waals surface area (Å²) in [5, 5.41) is 10.6. The molecule has 0 aliphatic heterocycles. The van der Waals surface area contributed by atoms with Crippen LogP contribution in [-0.4, -0.2) is 17.9 Å². The molecule has 0 aromatic heterocycles. The summed E-state index contributed by atoms with van der Waals surface area (Å²) in [4.78, 5) is 0.